The molecule has 14 heavy (non-hydrogen) atoms. The van der Waals surface area contributed by atoms with E-state index < -0.39 is 0 Å². The van der Waals surface area contributed by atoms with Gasteiger partial charge in [0, 0.05) is 0 Å². The van der Waals surface area contributed by atoms with Gasteiger partial charge in [-0.2, -0.15) is 0 Å². The molecule has 0 bridgehead atoms. The van der Waals surface area contributed by atoms with E-state index in [0.29, 0.717) is 16.2 Å². The molecule has 0 radical (unpaired) electrons. The molecule has 1 aliphatic rings. The molecule has 0 spiro atoms. The minimum absolute atomic E-state index is 0. The number of rotatable bonds is 0. The van der Waals surface area contributed by atoms with Crippen molar-refractivity contribution in [3.63, 3.8) is 0 Å². The highest BCUT2D eigenvalue weighted by molar-refractivity contribution is 5.05. The van der Waals surface area contributed by atoms with Gasteiger partial charge in [-0.3, -0.25) is 0 Å². The van der Waals surface area contributed by atoms with Crippen molar-refractivity contribution in [3.05, 3.63) is 0 Å². The SMILES string of the molecule is C.CC1CC(C(C)(C)C)(C(C)(C)C)C1. The van der Waals surface area contributed by atoms with E-state index in [-0.39, 0.29) is 7.43 Å². The minimum atomic E-state index is 0. The molecule has 1 aliphatic carbocycles. The summed E-state index contributed by atoms with van der Waals surface area (Å²) in [4.78, 5) is 0. The predicted molar refractivity (Wildman–Crippen MR) is 66.5 cm³/mol. The Kier molecular flexibility index (Phi) is 3.54. The number of hydrogen-bond acceptors (Lipinski definition) is 0. The van der Waals surface area contributed by atoms with Gasteiger partial charge in [-0.15, -0.1) is 0 Å². The van der Waals surface area contributed by atoms with Gasteiger partial charge in [-0.25, -0.2) is 0 Å². The molecule has 0 aromatic carbocycles. The van der Waals surface area contributed by atoms with Gasteiger partial charge in [-0.05, 0) is 35.0 Å². The van der Waals surface area contributed by atoms with Crippen molar-refractivity contribution in [2.45, 2.75) is 68.7 Å². The Morgan fingerprint density at radius 3 is 1.21 bits per heavy atom. The van der Waals surface area contributed by atoms with Crippen LogP contribution in [0, 0.1) is 22.2 Å². The zero-order valence-electron chi connectivity index (χ0n) is 10.5. The summed E-state index contributed by atoms with van der Waals surface area (Å²) in [7, 11) is 0. The van der Waals surface area contributed by atoms with Crippen molar-refractivity contribution < 1.29 is 0 Å². The monoisotopic (exact) mass is 198 g/mol. The van der Waals surface area contributed by atoms with Crippen LogP contribution in [0.15, 0.2) is 0 Å². The Bertz CT molecular complexity index is 165. The van der Waals surface area contributed by atoms with E-state index in [0.717, 1.165) is 5.92 Å². The summed E-state index contributed by atoms with van der Waals surface area (Å²) in [5, 5.41) is 0. The Balaban J connectivity index is 0.00000169. The van der Waals surface area contributed by atoms with Crippen LogP contribution in [0.1, 0.15) is 68.7 Å². The van der Waals surface area contributed by atoms with E-state index in [1.165, 1.54) is 12.8 Å². The second-order valence-corrected chi connectivity index (χ2v) is 7.10. The molecule has 0 aromatic heterocycles. The minimum Gasteiger partial charge on any atom is -0.0776 e. The maximum absolute atomic E-state index is 2.41. The molecular weight excluding hydrogens is 168 g/mol. The standard InChI is InChI=1S/C13H26.CH4/c1-10-8-13(9-10,11(2,3)4)12(5,6)7;/h10H,8-9H2,1-7H3;1H4. The summed E-state index contributed by atoms with van der Waals surface area (Å²) in [6.45, 7) is 16.8. The van der Waals surface area contributed by atoms with Gasteiger partial charge >= 0.3 is 0 Å². The maximum Gasteiger partial charge on any atom is -0.0195 e. The van der Waals surface area contributed by atoms with Crippen molar-refractivity contribution in [1.29, 1.82) is 0 Å². The molecule has 1 rings (SSSR count). The highest BCUT2D eigenvalue weighted by Gasteiger charge is 2.56. The van der Waals surface area contributed by atoms with Crippen LogP contribution in [0.25, 0.3) is 0 Å². The first kappa shape index (κ1) is 14.0. The van der Waals surface area contributed by atoms with Crippen LogP contribution < -0.4 is 0 Å². The molecule has 1 saturated carbocycles. The largest absolute Gasteiger partial charge is 0.0776 e. The average Bonchev–Trinajstić information content (AvgIpc) is 1.74. The fraction of sp³-hybridized carbons (Fsp3) is 1.00. The predicted octanol–water partition coefficient (Wildman–Crippen LogP) is 5.13. The molecule has 0 N–H and O–H groups in total. The third-order valence-electron chi connectivity index (χ3n) is 4.27. The topological polar surface area (TPSA) is 0 Å². The van der Waals surface area contributed by atoms with Crippen LogP contribution in [0.4, 0.5) is 0 Å². The lowest BCUT2D eigenvalue weighted by Crippen LogP contribution is -2.54. The van der Waals surface area contributed by atoms with Crippen molar-refractivity contribution in [3.8, 4) is 0 Å². The highest BCUT2D eigenvalue weighted by atomic mass is 14.6. The van der Waals surface area contributed by atoms with Gasteiger partial charge in [0.25, 0.3) is 0 Å². The number of hydrogen-bond donors (Lipinski definition) is 0. The van der Waals surface area contributed by atoms with E-state index >= 15 is 0 Å². The van der Waals surface area contributed by atoms with Gasteiger partial charge < -0.3 is 0 Å². The summed E-state index contributed by atoms with van der Waals surface area (Å²) in [6, 6.07) is 0. The maximum atomic E-state index is 2.41. The summed E-state index contributed by atoms with van der Waals surface area (Å²) >= 11 is 0. The quantitative estimate of drug-likeness (QED) is 0.506. The van der Waals surface area contributed by atoms with Crippen LogP contribution in [0.3, 0.4) is 0 Å². The molecule has 0 heteroatoms. The third-order valence-corrected chi connectivity index (χ3v) is 4.27. The molecule has 0 heterocycles. The van der Waals surface area contributed by atoms with Crippen LogP contribution in [-0.2, 0) is 0 Å². The Labute approximate surface area is 91.5 Å². The van der Waals surface area contributed by atoms with Crippen molar-refractivity contribution >= 4 is 0 Å². The molecule has 0 aromatic rings. The molecule has 0 amide bonds. The lowest BCUT2D eigenvalue weighted by Gasteiger charge is -2.62. The molecule has 0 aliphatic heterocycles. The zero-order chi connectivity index (χ0) is 10.5. The molecular formula is C14H30. The van der Waals surface area contributed by atoms with E-state index in [2.05, 4.69) is 48.5 Å². The molecule has 1 fully saturated rings. The Hall–Kier alpha value is 0. The van der Waals surface area contributed by atoms with Crippen LogP contribution in [0.2, 0.25) is 0 Å². The van der Waals surface area contributed by atoms with E-state index in [9.17, 15) is 0 Å². The van der Waals surface area contributed by atoms with Crippen molar-refractivity contribution in [1.82, 2.24) is 0 Å². The molecule has 0 unspecified atom stereocenters. The van der Waals surface area contributed by atoms with Gasteiger partial charge in [0.05, 0.1) is 0 Å². The van der Waals surface area contributed by atoms with Gasteiger partial charge in [0.15, 0.2) is 0 Å². The Morgan fingerprint density at radius 2 is 1.14 bits per heavy atom. The smallest absolute Gasteiger partial charge is 0.0195 e. The molecule has 0 atom stereocenters. The first-order valence-electron chi connectivity index (χ1n) is 5.60. The van der Waals surface area contributed by atoms with Crippen molar-refractivity contribution in [2.75, 3.05) is 0 Å². The molecule has 0 nitrogen and oxygen atoms in total. The van der Waals surface area contributed by atoms with Crippen LogP contribution in [-0.4, -0.2) is 0 Å². The lowest BCUT2D eigenvalue weighted by atomic mass is 9.42. The van der Waals surface area contributed by atoms with Crippen molar-refractivity contribution in [2.24, 2.45) is 22.2 Å². The summed E-state index contributed by atoms with van der Waals surface area (Å²) in [6.07, 6.45) is 2.83. The fourth-order valence-corrected chi connectivity index (χ4v) is 3.48. The second-order valence-electron chi connectivity index (χ2n) is 7.10. The molecule has 0 saturated heterocycles. The lowest BCUT2D eigenvalue weighted by molar-refractivity contribution is -0.130. The van der Waals surface area contributed by atoms with E-state index in [1.807, 2.05) is 0 Å². The first-order valence-corrected chi connectivity index (χ1v) is 5.60. The summed E-state index contributed by atoms with van der Waals surface area (Å²) in [5.74, 6) is 0.943. The Morgan fingerprint density at radius 1 is 0.857 bits per heavy atom. The highest BCUT2D eigenvalue weighted by Crippen LogP contribution is 2.65. The van der Waals surface area contributed by atoms with E-state index in [1.54, 1.807) is 0 Å². The summed E-state index contributed by atoms with van der Waals surface area (Å²) < 4.78 is 0. The average molecular weight is 198 g/mol. The summed E-state index contributed by atoms with van der Waals surface area (Å²) in [5.41, 5.74) is 1.48. The van der Waals surface area contributed by atoms with Gasteiger partial charge in [-0.1, -0.05) is 55.9 Å². The third kappa shape index (κ3) is 1.85. The zero-order valence-corrected chi connectivity index (χ0v) is 10.5. The second kappa shape index (κ2) is 3.54. The van der Waals surface area contributed by atoms with Crippen LogP contribution >= 0.6 is 0 Å². The normalized spacial score (nSPS) is 22.5. The fourth-order valence-electron chi connectivity index (χ4n) is 3.48. The van der Waals surface area contributed by atoms with E-state index in [4.69, 9.17) is 0 Å². The van der Waals surface area contributed by atoms with Crippen LogP contribution in [0.5, 0.6) is 0 Å². The first-order chi connectivity index (χ1) is 5.60. The van der Waals surface area contributed by atoms with Gasteiger partial charge in [0.2, 0.25) is 0 Å². The van der Waals surface area contributed by atoms with Gasteiger partial charge in [0.1, 0.15) is 0 Å². The molecule has 86 valence electrons.